The second kappa shape index (κ2) is 4.72. The number of hydrogen-bond donors (Lipinski definition) is 1. The van der Waals surface area contributed by atoms with Gasteiger partial charge in [-0.2, -0.15) is 0 Å². The Morgan fingerprint density at radius 2 is 1.84 bits per heavy atom. The van der Waals surface area contributed by atoms with E-state index in [1.807, 2.05) is 28.9 Å². The molecule has 0 bridgehead atoms. The number of nitrogens with two attached hydrogens (primary N) is 1. The van der Waals surface area contributed by atoms with Crippen molar-refractivity contribution in [3.05, 3.63) is 66.0 Å². The number of halogens is 1. The topological polar surface area (TPSA) is 43.3 Å². The Balaban J connectivity index is 1.81. The molecule has 0 fully saturated rings. The van der Waals surface area contributed by atoms with E-state index in [4.69, 9.17) is 5.73 Å². The molecule has 0 aliphatic carbocycles. The minimum Gasteiger partial charge on any atom is -0.398 e. The molecule has 3 nitrogen and oxygen atoms in total. The summed E-state index contributed by atoms with van der Waals surface area (Å²) in [6.07, 6.45) is 5.33. The lowest BCUT2D eigenvalue weighted by molar-refractivity contribution is 0.627. The van der Waals surface area contributed by atoms with Crippen LogP contribution in [-0.4, -0.2) is 9.38 Å². The molecule has 1 aromatic carbocycles. The smallest absolute Gasteiger partial charge is 0.123 e. The molecule has 0 atom stereocenters. The number of benzene rings is 1. The molecule has 96 valence electrons. The summed E-state index contributed by atoms with van der Waals surface area (Å²) >= 11 is 0. The lowest BCUT2D eigenvalue weighted by Gasteiger charge is -2.03. The summed E-state index contributed by atoms with van der Waals surface area (Å²) in [7, 11) is 0. The van der Waals surface area contributed by atoms with Gasteiger partial charge in [-0.1, -0.05) is 12.1 Å². The normalized spacial score (nSPS) is 11.0. The van der Waals surface area contributed by atoms with Crippen molar-refractivity contribution in [2.24, 2.45) is 0 Å². The summed E-state index contributed by atoms with van der Waals surface area (Å²) in [5.74, 6) is 0.759. The Morgan fingerprint density at radius 3 is 2.63 bits per heavy atom. The second-order valence-corrected chi connectivity index (χ2v) is 4.56. The van der Waals surface area contributed by atoms with Gasteiger partial charge in [0.15, 0.2) is 0 Å². The maximum atomic E-state index is 12.8. The molecule has 19 heavy (non-hydrogen) atoms. The molecule has 0 amide bonds. The molecule has 0 spiro atoms. The third-order valence-electron chi connectivity index (χ3n) is 3.18. The number of pyridine rings is 1. The zero-order chi connectivity index (χ0) is 13.2. The first-order valence-corrected chi connectivity index (χ1v) is 6.18. The third kappa shape index (κ3) is 2.42. The van der Waals surface area contributed by atoms with Crippen LogP contribution in [0, 0.1) is 5.82 Å². The van der Waals surface area contributed by atoms with Gasteiger partial charge in [-0.15, -0.1) is 0 Å². The number of imidazole rings is 1. The van der Waals surface area contributed by atoms with Gasteiger partial charge >= 0.3 is 0 Å². The van der Waals surface area contributed by atoms with E-state index in [1.54, 1.807) is 12.1 Å². The highest BCUT2D eigenvalue weighted by atomic mass is 19.1. The van der Waals surface area contributed by atoms with E-state index in [9.17, 15) is 4.39 Å². The van der Waals surface area contributed by atoms with Crippen LogP contribution in [0.5, 0.6) is 0 Å². The van der Waals surface area contributed by atoms with Crippen LogP contribution < -0.4 is 5.73 Å². The van der Waals surface area contributed by atoms with Crippen LogP contribution in [0.4, 0.5) is 10.1 Å². The van der Waals surface area contributed by atoms with Crippen molar-refractivity contribution in [2.75, 3.05) is 5.73 Å². The van der Waals surface area contributed by atoms with Crippen molar-refractivity contribution >= 4 is 11.2 Å². The number of fused-ring (bicyclic) bond motifs is 1. The molecule has 0 aliphatic heterocycles. The molecule has 0 saturated carbocycles. The second-order valence-electron chi connectivity index (χ2n) is 4.56. The number of hydrogen-bond acceptors (Lipinski definition) is 2. The van der Waals surface area contributed by atoms with E-state index in [2.05, 4.69) is 4.98 Å². The maximum absolute atomic E-state index is 12.8. The Labute approximate surface area is 110 Å². The molecule has 2 heterocycles. The molecule has 0 aliphatic rings. The average molecular weight is 255 g/mol. The van der Waals surface area contributed by atoms with Crippen LogP contribution in [0.25, 0.3) is 5.52 Å². The highest BCUT2D eigenvalue weighted by Gasteiger charge is 2.04. The van der Waals surface area contributed by atoms with E-state index in [1.165, 1.54) is 12.1 Å². The molecule has 2 aromatic heterocycles. The zero-order valence-corrected chi connectivity index (χ0v) is 10.4. The molecule has 2 N–H and O–H groups in total. The van der Waals surface area contributed by atoms with Crippen molar-refractivity contribution in [3.63, 3.8) is 0 Å². The molecule has 3 rings (SSSR count). The van der Waals surface area contributed by atoms with E-state index in [0.29, 0.717) is 5.69 Å². The molecule has 3 aromatic rings. The van der Waals surface area contributed by atoms with E-state index in [-0.39, 0.29) is 5.82 Å². The fourth-order valence-corrected chi connectivity index (χ4v) is 2.15. The number of nitrogens with zero attached hydrogens (tertiary/aromatic N) is 2. The number of aromatic nitrogens is 2. The van der Waals surface area contributed by atoms with Gasteiger partial charge in [0.1, 0.15) is 11.6 Å². The maximum Gasteiger partial charge on any atom is 0.123 e. The lowest BCUT2D eigenvalue weighted by Crippen LogP contribution is -1.99. The first kappa shape index (κ1) is 11.7. The monoisotopic (exact) mass is 255 g/mol. The zero-order valence-electron chi connectivity index (χ0n) is 10.4. The van der Waals surface area contributed by atoms with E-state index in [0.717, 1.165) is 29.7 Å². The van der Waals surface area contributed by atoms with E-state index >= 15 is 0 Å². The minimum atomic E-state index is -0.206. The molecule has 0 radical (unpaired) electrons. The lowest BCUT2D eigenvalue weighted by atomic mass is 10.1. The quantitative estimate of drug-likeness (QED) is 0.782. The van der Waals surface area contributed by atoms with Gasteiger partial charge in [-0.3, -0.25) is 0 Å². The molecular formula is C15H14FN3. The molecular weight excluding hydrogens is 241 g/mol. The standard InChI is InChI=1S/C15H14FN3/c16-12-4-1-11(2-5-12)3-8-15-18-9-14-7-6-13(17)10-19(14)15/h1-2,4-7,9-10H,3,8,17H2. The van der Waals surface area contributed by atoms with Gasteiger partial charge in [0.2, 0.25) is 0 Å². The summed E-state index contributed by atoms with van der Waals surface area (Å²) in [5.41, 5.74) is 8.63. The number of aryl methyl sites for hydroxylation is 2. The average Bonchev–Trinajstić information content (AvgIpc) is 2.80. The Morgan fingerprint density at radius 1 is 1.05 bits per heavy atom. The fraction of sp³-hybridized carbons (Fsp3) is 0.133. The van der Waals surface area contributed by atoms with Crippen molar-refractivity contribution < 1.29 is 4.39 Å². The van der Waals surface area contributed by atoms with Crippen molar-refractivity contribution in [3.8, 4) is 0 Å². The highest BCUT2D eigenvalue weighted by molar-refractivity contribution is 5.52. The van der Waals surface area contributed by atoms with Crippen LogP contribution in [0.1, 0.15) is 11.4 Å². The largest absolute Gasteiger partial charge is 0.398 e. The predicted molar refractivity (Wildman–Crippen MR) is 73.4 cm³/mol. The van der Waals surface area contributed by atoms with Crippen LogP contribution in [0.15, 0.2) is 48.8 Å². The highest BCUT2D eigenvalue weighted by Crippen LogP contribution is 2.13. The molecule has 0 unspecified atom stereocenters. The third-order valence-corrected chi connectivity index (χ3v) is 3.18. The summed E-state index contributed by atoms with van der Waals surface area (Å²) in [6.45, 7) is 0. The van der Waals surface area contributed by atoms with Gasteiger partial charge in [-0.05, 0) is 36.2 Å². The van der Waals surface area contributed by atoms with Gasteiger partial charge in [0.25, 0.3) is 0 Å². The van der Waals surface area contributed by atoms with Gasteiger partial charge in [0, 0.05) is 18.3 Å². The summed E-state index contributed by atoms with van der Waals surface area (Å²) in [5, 5.41) is 0. The van der Waals surface area contributed by atoms with Gasteiger partial charge in [-0.25, -0.2) is 9.37 Å². The van der Waals surface area contributed by atoms with Crippen LogP contribution in [-0.2, 0) is 12.8 Å². The summed E-state index contributed by atoms with van der Waals surface area (Å²) < 4.78 is 14.8. The van der Waals surface area contributed by atoms with Gasteiger partial charge < -0.3 is 10.1 Å². The number of nitrogen functional groups attached to an aromatic ring is 1. The fourth-order valence-electron chi connectivity index (χ4n) is 2.15. The minimum absolute atomic E-state index is 0.206. The summed E-state index contributed by atoms with van der Waals surface area (Å²) in [4.78, 5) is 4.40. The predicted octanol–water partition coefficient (Wildman–Crippen LogP) is 2.84. The van der Waals surface area contributed by atoms with E-state index < -0.39 is 0 Å². The SMILES string of the molecule is Nc1ccc2cnc(CCc3ccc(F)cc3)n2c1. The van der Waals surface area contributed by atoms with Crippen molar-refractivity contribution in [2.45, 2.75) is 12.8 Å². The van der Waals surface area contributed by atoms with Crippen LogP contribution in [0.3, 0.4) is 0 Å². The number of rotatable bonds is 3. The molecule has 0 saturated heterocycles. The Kier molecular flexibility index (Phi) is 2.91. The number of anilines is 1. The first-order valence-electron chi connectivity index (χ1n) is 6.18. The van der Waals surface area contributed by atoms with Gasteiger partial charge in [0.05, 0.1) is 11.7 Å². The molecule has 4 heteroatoms. The van der Waals surface area contributed by atoms with Crippen molar-refractivity contribution in [1.82, 2.24) is 9.38 Å². The Bertz CT molecular complexity index is 701. The first-order chi connectivity index (χ1) is 9.22. The Hall–Kier alpha value is -2.36. The van der Waals surface area contributed by atoms with Crippen LogP contribution >= 0.6 is 0 Å². The van der Waals surface area contributed by atoms with Crippen LogP contribution in [0.2, 0.25) is 0 Å². The summed E-state index contributed by atoms with van der Waals surface area (Å²) in [6, 6.07) is 10.4. The van der Waals surface area contributed by atoms with Crippen molar-refractivity contribution in [1.29, 1.82) is 0 Å².